The third-order valence-electron chi connectivity index (χ3n) is 2.67. The number of amides is 1. The molecule has 0 bridgehead atoms. The van der Waals surface area contributed by atoms with Crippen molar-refractivity contribution in [2.45, 2.75) is 26.7 Å². The van der Waals surface area contributed by atoms with Crippen LogP contribution in [0.3, 0.4) is 0 Å². The van der Waals surface area contributed by atoms with Crippen LogP contribution in [0.1, 0.15) is 25.8 Å². The van der Waals surface area contributed by atoms with E-state index in [-0.39, 0.29) is 12.5 Å². The topological polar surface area (TPSA) is 47.6 Å². The van der Waals surface area contributed by atoms with Crippen molar-refractivity contribution in [1.29, 1.82) is 0 Å². The van der Waals surface area contributed by atoms with Crippen molar-refractivity contribution >= 4 is 5.91 Å². The smallest absolute Gasteiger partial charge is 0.257 e. The molecule has 1 rings (SSSR count). The van der Waals surface area contributed by atoms with Gasteiger partial charge in [0.25, 0.3) is 5.91 Å². The zero-order chi connectivity index (χ0) is 13.9. The van der Waals surface area contributed by atoms with E-state index in [4.69, 9.17) is 9.47 Å². The highest BCUT2D eigenvalue weighted by atomic mass is 16.5. The van der Waals surface area contributed by atoms with Crippen LogP contribution < -0.4 is 10.1 Å². The monoisotopic (exact) mass is 265 g/mol. The molecule has 0 fully saturated rings. The highest BCUT2D eigenvalue weighted by molar-refractivity contribution is 5.77. The summed E-state index contributed by atoms with van der Waals surface area (Å²) in [5.41, 5.74) is 1.20. The number of rotatable bonds is 9. The quantitative estimate of drug-likeness (QED) is 0.696. The summed E-state index contributed by atoms with van der Waals surface area (Å²) < 4.78 is 10.6. The Balaban J connectivity index is 2.18. The van der Waals surface area contributed by atoms with E-state index < -0.39 is 0 Å². The highest BCUT2D eigenvalue weighted by Gasteiger charge is 2.02. The van der Waals surface area contributed by atoms with Gasteiger partial charge in [-0.1, -0.05) is 19.1 Å². The second kappa shape index (κ2) is 9.39. The molecular weight excluding hydrogens is 242 g/mol. The normalized spacial score (nSPS) is 10.2. The Morgan fingerprint density at radius 2 is 2.16 bits per heavy atom. The second-order valence-corrected chi connectivity index (χ2v) is 4.19. The molecule has 0 aliphatic heterocycles. The molecule has 0 spiro atoms. The average molecular weight is 265 g/mol. The lowest BCUT2D eigenvalue weighted by Crippen LogP contribution is -2.30. The van der Waals surface area contributed by atoms with Gasteiger partial charge in [0, 0.05) is 19.8 Å². The molecule has 4 nitrogen and oxygen atoms in total. The Bertz CT molecular complexity index is 379. The average Bonchev–Trinajstić information content (AvgIpc) is 2.45. The Hall–Kier alpha value is -1.55. The number of benzene rings is 1. The summed E-state index contributed by atoms with van der Waals surface area (Å²) >= 11 is 0. The molecule has 0 atom stereocenters. The van der Waals surface area contributed by atoms with Crippen LogP contribution in [-0.2, 0) is 16.0 Å². The Morgan fingerprint density at radius 3 is 2.89 bits per heavy atom. The van der Waals surface area contributed by atoms with Crippen LogP contribution in [0.25, 0.3) is 0 Å². The van der Waals surface area contributed by atoms with Crippen molar-refractivity contribution < 1.29 is 14.3 Å². The molecule has 0 saturated carbocycles. The lowest BCUT2D eigenvalue weighted by molar-refractivity contribution is -0.123. The molecule has 0 aromatic heterocycles. The Labute approximate surface area is 115 Å². The van der Waals surface area contributed by atoms with Gasteiger partial charge in [0.15, 0.2) is 6.61 Å². The van der Waals surface area contributed by atoms with Gasteiger partial charge in [-0.05, 0) is 37.5 Å². The van der Waals surface area contributed by atoms with Crippen LogP contribution in [0.4, 0.5) is 0 Å². The first kappa shape index (κ1) is 15.5. The van der Waals surface area contributed by atoms with Gasteiger partial charge in [-0.15, -0.1) is 0 Å². The van der Waals surface area contributed by atoms with Gasteiger partial charge in [-0.3, -0.25) is 4.79 Å². The van der Waals surface area contributed by atoms with E-state index in [1.807, 2.05) is 31.2 Å². The molecule has 4 heteroatoms. The fourth-order valence-corrected chi connectivity index (χ4v) is 1.60. The standard InChI is InChI=1S/C15H23NO3/c1-3-13-7-5-8-14(11-13)19-12-15(17)16-9-6-10-18-4-2/h5,7-8,11H,3-4,6,9-10,12H2,1-2H3,(H,16,17). The molecule has 1 amide bonds. The summed E-state index contributed by atoms with van der Waals surface area (Å²) in [6.45, 7) is 6.11. The molecule has 0 heterocycles. The fourth-order valence-electron chi connectivity index (χ4n) is 1.60. The van der Waals surface area contributed by atoms with E-state index in [1.165, 1.54) is 5.56 Å². The van der Waals surface area contributed by atoms with Gasteiger partial charge >= 0.3 is 0 Å². The van der Waals surface area contributed by atoms with E-state index >= 15 is 0 Å². The molecule has 1 aromatic carbocycles. The SMILES string of the molecule is CCOCCCNC(=O)COc1cccc(CC)c1. The van der Waals surface area contributed by atoms with Crippen molar-refractivity contribution in [2.75, 3.05) is 26.4 Å². The van der Waals surface area contributed by atoms with E-state index in [2.05, 4.69) is 12.2 Å². The number of carbonyl (C=O) groups excluding carboxylic acids is 1. The van der Waals surface area contributed by atoms with Gasteiger partial charge in [-0.25, -0.2) is 0 Å². The van der Waals surface area contributed by atoms with Gasteiger partial charge < -0.3 is 14.8 Å². The molecule has 0 saturated heterocycles. The van der Waals surface area contributed by atoms with Crippen LogP contribution >= 0.6 is 0 Å². The molecular formula is C15H23NO3. The Morgan fingerprint density at radius 1 is 1.32 bits per heavy atom. The predicted octanol–water partition coefficient (Wildman–Crippen LogP) is 2.17. The maximum Gasteiger partial charge on any atom is 0.257 e. The number of hydrogen-bond acceptors (Lipinski definition) is 3. The van der Waals surface area contributed by atoms with Crippen LogP contribution in [0.15, 0.2) is 24.3 Å². The summed E-state index contributed by atoms with van der Waals surface area (Å²) in [4.78, 5) is 11.5. The van der Waals surface area contributed by atoms with Crippen molar-refractivity contribution in [3.63, 3.8) is 0 Å². The van der Waals surface area contributed by atoms with Crippen molar-refractivity contribution in [1.82, 2.24) is 5.32 Å². The van der Waals surface area contributed by atoms with Gasteiger partial charge in [-0.2, -0.15) is 0 Å². The van der Waals surface area contributed by atoms with E-state index in [0.29, 0.717) is 19.8 Å². The summed E-state index contributed by atoms with van der Waals surface area (Å²) in [7, 11) is 0. The minimum atomic E-state index is -0.0987. The van der Waals surface area contributed by atoms with E-state index in [0.717, 1.165) is 18.6 Å². The van der Waals surface area contributed by atoms with Gasteiger partial charge in [0.05, 0.1) is 0 Å². The summed E-state index contributed by atoms with van der Waals surface area (Å²) in [6.07, 6.45) is 1.78. The maximum atomic E-state index is 11.5. The molecule has 0 unspecified atom stereocenters. The van der Waals surface area contributed by atoms with Gasteiger partial charge in [0.1, 0.15) is 5.75 Å². The second-order valence-electron chi connectivity index (χ2n) is 4.19. The minimum Gasteiger partial charge on any atom is -0.484 e. The highest BCUT2D eigenvalue weighted by Crippen LogP contribution is 2.13. The number of carbonyl (C=O) groups is 1. The van der Waals surface area contributed by atoms with Crippen molar-refractivity contribution in [3.05, 3.63) is 29.8 Å². The van der Waals surface area contributed by atoms with Crippen LogP contribution in [-0.4, -0.2) is 32.3 Å². The fraction of sp³-hybridized carbons (Fsp3) is 0.533. The summed E-state index contributed by atoms with van der Waals surface area (Å²) in [5, 5.41) is 2.80. The van der Waals surface area contributed by atoms with E-state index in [1.54, 1.807) is 0 Å². The first-order valence-corrected chi connectivity index (χ1v) is 6.82. The third kappa shape index (κ3) is 6.82. The number of aryl methyl sites for hydroxylation is 1. The zero-order valence-corrected chi connectivity index (χ0v) is 11.8. The molecule has 0 radical (unpaired) electrons. The van der Waals surface area contributed by atoms with Crippen molar-refractivity contribution in [3.8, 4) is 5.75 Å². The van der Waals surface area contributed by atoms with Crippen LogP contribution in [0.5, 0.6) is 5.75 Å². The number of nitrogens with one attached hydrogen (secondary N) is 1. The molecule has 19 heavy (non-hydrogen) atoms. The lowest BCUT2D eigenvalue weighted by Gasteiger charge is -2.08. The number of ether oxygens (including phenoxy) is 2. The minimum absolute atomic E-state index is 0.0573. The summed E-state index contributed by atoms with van der Waals surface area (Å²) in [6, 6.07) is 7.80. The number of hydrogen-bond donors (Lipinski definition) is 1. The first-order chi connectivity index (χ1) is 9.26. The largest absolute Gasteiger partial charge is 0.484 e. The lowest BCUT2D eigenvalue weighted by atomic mass is 10.2. The van der Waals surface area contributed by atoms with Crippen LogP contribution in [0, 0.1) is 0 Å². The van der Waals surface area contributed by atoms with E-state index in [9.17, 15) is 4.79 Å². The first-order valence-electron chi connectivity index (χ1n) is 6.82. The zero-order valence-electron chi connectivity index (χ0n) is 11.8. The summed E-state index contributed by atoms with van der Waals surface area (Å²) in [5.74, 6) is 0.641. The third-order valence-corrected chi connectivity index (χ3v) is 2.67. The molecule has 106 valence electrons. The van der Waals surface area contributed by atoms with Crippen molar-refractivity contribution in [2.24, 2.45) is 0 Å². The maximum absolute atomic E-state index is 11.5. The Kier molecular flexibility index (Phi) is 7.66. The molecule has 1 N–H and O–H groups in total. The molecule has 1 aromatic rings. The van der Waals surface area contributed by atoms with Gasteiger partial charge in [0.2, 0.25) is 0 Å². The predicted molar refractivity (Wildman–Crippen MR) is 75.4 cm³/mol. The molecule has 0 aliphatic carbocycles. The molecule has 0 aliphatic rings. The van der Waals surface area contributed by atoms with Crippen LogP contribution in [0.2, 0.25) is 0 Å².